The smallest absolute Gasteiger partial charge is 0.253 e. The number of nitrogen functional groups attached to an aromatic ring is 1. The number of benzene rings is 2. The lowest BCUT2D eigenvalue weighted by atomic mass is 10.1. The third kappa shape index (κ3) is 4.85. The van der Waals surface area contributed by atoms with E-state index in [-0.39, 0.29) is 12.1 Å². The number of aryl methyl sites for hydroxylation is 1. The number of amides is 1. The Bertz CT molecular complexity index is 1450. The summed E-state index contributed by atoms with van der Waals surface area (Å²) in [5.74, 6) is 1.21. The molecule has 1 amide bonds. The van der Waals surface area contributed by atoms with Crippen molar-refractivity contribution in [1.82, 2.24) is 25.1 Å². The van der Waals surface area contributed by atoms with Crippen LogP contribution in [0.4, 0.5) is 28.8 Å². The molecule has 1 fully saturated rings. The maximum Gasteiger partial charge on any atom is 0.253 e. The van der Waals surface area contributed by atoms with Gasteiger partial charge in [-0.3, -0.25) is 4.79 Å². The highest BCUT2D eigenvalue weighted by Crippen LogP contribution is 2.35. The monoisotopic (exact) mass is 502 g/mol. The Morgan fingerprint density at radius 3 is 2.73 bits per heavy atom. The number of carbonyl (C=O) groups is 1. The lowest BCUT2D eigenvalue weighted by Gasteiger charge is -2.23. The van der Waals surface area contributed by atoms with E-state index in [1.807, 2.05) is 29.8 Å². The molecule has 0 saturated carbocycles. The van der Waals surface area contributed by atoms with Crippen molar-refractivity contribution in [2.24, 2.45) is 0 Å². The number of aromatic nitrogens is 4. The lowest BCUT2D eigenvalue weighted by molar-refractivity contribution is -0.0371. The molecule has 2 aromatic carbocycles. The number of ether oxygens (including phenoxy) is 2. The van der Waals surface area contributed by atoms with E-state index in [1.54, 1.807) is 38.4 Å². The van der Waals surface area contributed by atoms with Crippen LogP contribution in [0.15, 0.2) is 42.5 Å². The van der Waals surface area contributed by atoms with Crippen LogP contribution < -0.4 is 26.4 Å². The molecule has 1 atom stereocenters. The Labute approximate surface area is 214 Å². The Kier molecular flexibility index (Phi) is 6.78. The quantitative estimate of drug-likeness (QED) is 0.273. The molecule has 4 aromatic rings. The molecule has 1 aliphatic heterocycles. The lowest BCUT2D eigenvalue weighted by Crippen LogP contribution is -2.20. The van der Waals surface area contributed by atoms with E-state index in [1.165, 1.54) is 0 Å². The summed E-state index contributed by atoms with van der Waals surface area (Å²) in [6, 6.07) is 12.5. The predicted octanol–water partition coefficient (Wildman–Crippen LogP) is 4.27. The molecule has 5 rings (SSSR count). The van der Waals surface area contributed by atoms with Crippen LogP contribution in [-0.2, 0) is 4.74 Å². The fourth-order valence-corrected chi connectivity index (χ4v) is 4.47. The van der Waals surface area contributed by atoms with Gasteiger partial charge in [0.2, 0.25) is 5.95 Å². The number of hydrogen-bond donors (Lipinski definition) is 4. The summed E-state index contributed by atoms with van der Waals surface area (Å²) >= 11 is 0. The average molecular weight is 503 g/mol. The van der Waals surface area contributed by atoms with Crippen LogP contribution in [0.3, 0.4) is 0 Å². The largest absolute Gasteiger partial charge is 0.495 e. The normalized spacial score (nSPS) is 15.4. The second-order valence-electron chi connectivity index (χ2n) is 8.78. The predicted molar refractivity (Wildman–Crippen MR) is 143 cm³/mol. The van der Waals surface area contributed by atoms with E-state index in [0.29, 0.717) is 52.4 Å². The number of nitrogens with zero attached hydrogens (tertiary/aromatic N) is 4. The summed E-state index contributed by atoms with van der Waals surface area (Å²) in [6.45, 7) is 2.58. The first-order valence-electron chi connectivity index (χ1n) is 12.2. The van der Waals surface area contributed by atoms with E-state index in [2.05, 4.69) is 16.0 Å². The summed E-state index contributed by atoms with van der Waals surface area (Å²) in [5.41, 5.74) is 9.67. The third-order valence-electron chi connectivity index (χ3n) is 6.28. The van der Waals surface area contributed by atoms with E-state index < -0.39 is 0 Å². The van der Waals surface area contributed by atoms with Gasteiger partial charge < -0.3 is 31.2 Å². The number of nitrogens with one attached hydrogen (secondary N) is 3. The molecule has 11 nitrogen and oxygen atoms in total. The molecule has 37 heavy (non-hydrogen) atoms. The van der Waals surface area contributed by atoms with Crippen LogP contribution >= 0.6 is 0 Å². The maximum atomic E-state index is 12.5. The van der Waals surface area contributed by atoms with E-state index in [4.69, 9.17) is 30.3 Å². The number of rotatable bonds is 7. The minimum atomic E-state index is -0.222. The van der Waals surface area contributed by atoms with E-state index in [0.717, 1.165) is 30.3 Å². The summed E-state index contributed by atoms with van der Waals surface area (Å²) in [4.78, 5) is 22.1. The zero-order chi connectivity index (χ0) is 25.9. The number of carbonyl (C=O) groups excluding carboxylic acids is 1. The van der Waals surface area contributed by atoms with Gasteiger partial charge in [0.1, 0.15) is 11.6 Å². The summed E-state index contributed by atoms with van der Waals surface area (Å²) in [7, 11) is 3.18. The van der Waals surface area contributed by atoms with Crippen molar-refractivity contribution in [2.75, 3.05) is 37.1 Å². The number of para-hydroxylation sites is 1. The van der Waals surface area contributed by atoms with Gasteiger partial charge in [0.15, 0.2) is 11.9 Å². The van der Waals surface area contributed by atoms with Gasteiger partial charge in [-0.25, -0.2) is 4.68 Å². The highest BCUT2D eigenvalue weighted by molar-refractivity contribution is 6.01. The minimum Gasteiger partial charge on any atom is -0.495 e. The Balaban J connectivity index is 1.66. The van der Waals surface area contributed by atoms with Gasteiger partial charge in [0.25, 0.3) is 5.91 Å². The highest BCUT2D eigenvalue weighted by atomic mass is 16.5. The molecule has 1 unspecified atom stereocenters. The molecular formula is C26H30N8O3. The standard InChI is InChI=1S/C26H30N8O3/c1-15-22-23(29-18-9-5-4-8-17(18)25(35)28-2)31-26(30-19-14-16(27)11-12-20(19)36-3)32-24(22)34(33-15)21-10-6-7-13-37-21/h4-5,8-9,11-12,14,21H,6-7,10,13,27H2,1-3H3,(H,28,35)(H2,29,30,31,32). The second kappa shape index (κ2) is 10.3. The Hall–Kier alpha value is -4.38. The molecule has 1 saturated heterocycles. The maximum absolute atomic E-state index is 12.5. The molecule has 5 N–H and O–H groups in total. The van der Waals surface area contributed by atoms with Crippen molar-refractivity contribution in [3.63, 3.8) is 0 Å². The number of fused-ring (bicyclic) bond motifs is 1. The van der Waals surface area contributed by atoms with Crippen LogP contribution in [0.1, 0.15) is 41.5 Å². The van der Waals surface area contributed by atoms with Crippen molar-refractivity contribution in [2.45, 2.75) is 32.4 Å². The summed E-state index contributed by atoms with van der Waals surface area (Å²) < 4.78 is 13.3. The molecule has 2 aromatic heterocycles. The SMILES string of the molecule is CNC(=O)c1ccccc1Nc1nc(Nc2cc(N)ccc2OC)nc2c1c(C)nn2C1CCCCO1. The van der Waals surface area contributed by atoms with Crippen molar-refractivity contribution < 1.29 is 14.3 Å². The molecule has 0 radical (unpaired) electrons. The molecule has 192 valence electrons. The van der Waals surface area contributed by atoms with Crippen molar-refractivity contribution in [3.05, 3.63) is 53.7 Å². The first kappa shape index (κ1) is 24.3. The molecule has 0 aliphatic carbocycles. The molecular weight excluding hydrogens is 472 g/mol. The topological polar surface area (TPSA) is 141 Å². The van der Waals surface area contributed by atoms with Gasteiger partial charge in [0.05, 0.1) is 35.1 Å². The number of nitrogens with two attached hydrogens (primary N) is 1. The first-order valence-corrected chi connectivity index (χ1v) is 12.2. The molecule has 0 bridgehead atoms. The second-order valence-corrected chi connectivity index (χ2v) is 8.78. The van der Waals surface area contributed by atoms with Crippen LogP contribution in [0.25, 0.3) is 11.0 Å². The first-order chi connectivity index (χ1) is 18.0. The van der Waals surface area contributed by atoms with Gasteiger partial charge in [-0.15, -0.1) is 0 Å². The van der Waals surface area contributed by atoms with Crippen molar-refractivity contribution in [1.29, 1.82) is 0 Å². The van der Waals surface area contributed by atoms with Gasteiger partial charge in [-0.1, -0.05) is 12.1 Å². The average Bonchev–Trinajstić information content (AvgIpc) is 3.25. The van der Waals surface area contributed by atoms with Crippen molar-refractivity contribution >= 4 is 45.8 Å². The fourth-order valence-electron chi connectivity index (χ4n) is 4.47. The van der Waals surface area contributed by atoms with Crippen LogP contribution in [0.2, 0.25) is 0 Å². The number of anilines is 5. The van der Waals surface area contributed by atoms with Crippen LogP contribution in [-0.4, -0.2) is 46.4 Å². The fraction of sp³-hybridized carbons (Fsp3) is 0.308. The van der Waals surface area contributed by atoms with Gasteiger partial charge in [0, 0.05) is 19.3 Å². The van der Waals surface area contributed by atoms with Crippen LogP contribution in [0, 0.1) is 6.92 Å². The van der Waals surface area contributed by atoms with E-state index >= 15 is 0 Å². The molecule has 0 spiro atoms. The highest BCUT2D eigenvalue weighted by Gasteiger charge is 2.25. The van der Waals surface area contributed by atoms with Crippen LogP contribution in [0.5, 0.6) is 5.75 Å². The van der Waals surface area contributed by atoms with Gasteiger partial charge >= 0.3 is 0 Å². The van der Waals surface area contributed by atoms with Crippen molar-refractivity contribution in [3.8, 4) is 5.75 Å². The molecule has 1 aliphatic rings. The van der Waals surface area contributed by atoms with Gasteiger partial charge in [-0.05, 0) is 56.5 Å². The zero-order valence-electron chi connectivity index (χ0n) is 21.0. The summed E-state index contributed by atoms with van der Waals surface area (Å²) in [5, 5.41) is 14.8. The Morgan fingerprint density at radius 1 is 1.14 bits per heavy atom. The summed E-state index contributed by atoms with van der Waals surface area (Å²) in [6.07, 6.45) is 2.69. The van der Waals surface area contributed by atoms with E-state index in [9.17, 15) is 4.79 Å². The number of methoxy groups -OCH3 is 1. The third-order valence-corrected chi connectivity index (χ3v) is 6.28. The van der Waals surface area contributed by atoms with Gasteiger partial charge in [-0.2, -0.15) is 15.1 Å². The minimum absolute atomic E-state index is 0.209. The molecule has 11 heteroatoms. The zero-order valence-corrected chi connectivity index (χ0v) is 21.0. The molecule has 3 heterocycles. The Morgan fingerprint density at radius 2 is 1.97 bits per heavy atom. The number of hydrogen-bond acceptors (Lipinski definition) is 9.